The number of nitrogens with zero attached hydrogens (tertiary/aromatic N) is 2. The van der Waals surface area contributed by atoms with Crippen LogP contribution in [0.2, 0.25) is 5.02 Å². The third kappa shape index (κ3) is 6.93. The Bertz CT molecular complexity index is 1210. The van der Waals surface area contributed by atoms with Gasteiger partial charge in [-0.15, -0.1) is 0 Å². The largest absolute Gasteiger partial charge is 0.361 e. The zero-order valence-electron chi connectivity index (χ0n) is 22.2. The van der Waals surface area contributed by atoms with Crippen molar-refractivity contribution in [1.29, 1.82) is 0 Å². The van der Waals surface area contributed by atoms with E-state index in [1.165, 1.54) is 16.5 Å². The van der Waals surface area contributed by atoms with Crippen molar-refractivity contribution in [3.05, 3.63) is 70.9 Å². The van der Waals surface area contributed by atoms with Crippen molar-refractivity contribution < 1.29 is 9.59 Å². The molecule has 1 heterocycles. The fourth-order valence-corrected chi connectivity index (χ4v) is 5.78. The van der Waals surface area contributed by atoms with Crippen molar-refractivity contribution in [1.82, 2.24) is 20.1 Å². The Morgan fingerprint density at radius 2 is 1.81 bits per heavy atom. The van der Waals surface area contributed by atoms with Crippen molar-refractivity contribution in [3.63, 3.8) is 0 Å². The molecule has 3 aromatic rings. The van der Waals surface area contributed by atoms with Crippen molar-refractivity contribution in [2.24, 2.45) is 0 Å². The van der Waals surface area contributed by atoms with E-state index in [1.807, 2.05) is 37.5 Å². The second-order valence-corrected chi connectivity index (χ2v) is 11.1. The summed E-state index contributed by atoms with van der Waals surface area (Å²) in [6.45, 7) is 0.629. The molecule has 0 bridgehead atoms. The van der Waals surface area contributed by atoms with Crippen molar-refractivity contribution in [2.75, 3.05) is 27.7 Å². The van der Waals surface area contributed by atoms with Gasteiger partial charge in [0.2, 0.25) is 11.8 Å². The Morgan fingerprint density at radius 1 is 1.05 bits per heavy atom. The minimum atomic E-state index is -0.0319. The van der Waals surface area contributed by atoms with Crippen molar-refractivity contribution in [2.45, 2.75) is 62.9 Å². The highest BCUT2D eigenvalue weighted by atomic mass is 35.5. The van der Waals surface area contributed by atoms with Gasteiger partial charge in [0.05, 0.1) is 0 Å². The number of hydrogen-bond acceptors (Lipinski definition) is 3. The second kappa shape index (κ2) is 12.1. The molecule has 2 amide bonds. The quantitative estimate of drug-likeness (QED) is 0.384. The third-order valence-electron chi connectivity index (χ3n) is 8.04. The molecule has 2 N–H and O–H groups in total. The molecular formula is C30H39ClN4O2. The highest BCUT2D eigenvalue weighted by molar-refractivity contribution is 6.30. The van der Waals surface area contributed by atoms with Gasteiger partial charge in [-0.2, -0.15) is 0 Å². The highest BCUT2D eigenvalue weighted by Crippen LogP contribution is 2.36. The Labute approximate surface area is 225 Å². The molecule has 6 nitrogen and oxygen atoms in total. The number of carbonyl (C=O) groups is 2. The van der Waals surface area contributed by atoms with E-state index in [2.05, 4.69) is 53.6 Å². The SMILES string of the molecule is CN(CCc1c[nH]c2ccccc12)C(=O)CCC(=O)NC1CCC(Cc2cccc(Cl)c2)(N(C)C)CC1. The summed E-state index contributed by atoms with van der Waals surface area (Å²) in [6.07, 6.45) is 8.09. The summed E-state index contributed by atoms with van der Waals surface area (Å²) in [4.78, 5) is 32.6. The lowest BCUT2D eigenvalue weighted by Crippen LogP contribution is -2.52. The first-order chi connectivity index (χ1) is 17.8. The van der Waals surface area contributed by atoms with Crippen LogP contribution >= 0.6 is 11.6 Å². The van der Waals surface area contributed by atoms with Crippen LogP contribution in [0.5, 0.6) is 0 Å². The summed E-state index contributed by atoms with van der Waals surface area (Å²) >= 11 is 6.21. The molecule has 1 aliphatic carbocycles. The average Bonchev–Trinajstić information content (AvgIpc) is 3.30. The van der Waals surface area contributed by atoms with E-state index < -0.39 is 0 Å². The van der Waals surface area contributed by atoms with Crippen LogP contribution in [0, 0.1) is 0 Å². The molecule has 198 valence electrons. The fraction of sp³-hybridized carbons (Fsp3) is 0.467. The first-order valence-electron chi connectivity index (χ1n) is 13.3. The molecule has 0 atom stereocenters. The second-order valence-electron chi connectivity index (χ2n) is 10.7. The van der Waals surface area contributed by atoms with Crippen molar-refractivity contribution >= 4 is 34.3 Å². The van der Waals surface area contributed by atoms with Gasteiger partial charge in [-0.3, -0.25) is 9.59 Å². The standard InChI is InChI=1S/C30H39ClN4O2/c1-34(2)30(20-22-7-6-8-24(31)19-22)16-13-25(14-17-30)33-28(36)11-12-29(37)35(3)18-15-23-21-32-27-10-5-4-9-26(23)27/h4-10,19,21,25,32H,11-18,20H2,1-3H3,(H,33,36). The lowest BCUT2D eigenvalue weighted by Gasteiger charge is -2.45. The monoisotopic (exact) mass is 522 g/mol. The van der Waals surface area contributed by atoms with Crippen LogP contribution in [0.1, 0.15) is 49.7 Å². The lowest BCUT2D eigenvalue weighted by atomic mass is 9.75. The molecule has 1 fully saturated rings. The maximum Gasteiger partial charge on any atom is 0.222 e. The number of rotatable bonds is 10. The summed E-state index contributed by atoms with van der Waals surface area (Å²) in [7, 11) is 6.10. The molecule has 37 heavy (non-hydrogen) atoms. The fourth-order valence-electron chi connectivity index (χ4n) is 5.57. The molecule has 0 aliphatic heterocycles. The Morgan fingerprint density at radius 3 is 2.54 bits per heavy atom. The Hall–Kier alpha value is -2.83. The van der Waals surface area contributed by atoms with E-state index in [-0.39, 0.29) is 36.2 Å². The van der Waals surface area contributed by atoms with Gasteiger partial charge in [-0.05, 0) is 81.9 Å². The smallest absolute Gasteiger partial charge is 0.222 e. The van der Waals surface area contributed by atoms with Gasteiger partial charge in [0.1, 0.15) is 0 Å². The van der Waals surface area contributed by atoms with Gasteiger partial charge in [0.25, 0.3) is 0 Å². The number of carbonyl (C=O) groups excluding carboxylic acids is 2. The van der Waals surface area contributed by atoms with E-state index in [0.717, 1.165) is 49.1 Å². The third-order valence-corrected chi connectivity index (χ3v) is 8.27. The number of benzene rings is 2. The lowest BCUT2D eigenvalue weighted by molar-refractivity contribution is -0.132. The first kappa shape index (κ1) is 27.2. The predicted octanol–water partition coefficient (Wildman–Crippen LogP) is 5.20. The van der Waals surface area contributed by atoms with Crippen LogP contribution in [0.25, 0.3) is 10.9 Å². The number of fused-ring (bicyclic) bond motifs is 1. The molecule has 1 saturated carbocycles. The van der Waals surface area contributed by atoms with Gasteiger partial charge in [0, 0.05) is 60.1 Å². The number of aromatic amines is 1. The number of likely N-dealkylation sites (N-methyl/N-ethyl adjacent to an activating group) is 2. The number of nitrogens with one attached hydrogen (secondary N) is 2. The van der Waals surface area contributed by atoms with Gasteiger partial charge < -0.3 is 20.1 Å². The van der Waals surface area contributed by atoms with E-state index in [0.29, 0.717) is 6.54 Å². The minimum Gasteiger partial charge on any atom is -0.361 e. The molecule has 0 radical (unpaired) electrons. The van der Waals surface area contributed by atoms with Crippen molar-refractivity contribution in [3.8, 4) is 0 Å². The van der Waals surface area contributed by atoms with Gasteiger partial charge in [0.15, 0.2) is 0 Å². The molecule has 1 aliphatic rings. The van der Waals surface area contributed by atoms with Crippen LogP contribution in [0.4, 0.5) is 0 Å². The molecule has 0 spiro atoms. The van der Waals surface area contributed by atoms with Gasteiger partial charge in [-0.25, -0.2) is 0 Å². The molecule has 0 unspecified atom stereocenters. The van der Waals surface area contributed by atoms with E-state index in [9.17, 15) is 9.59 Å². The number of para-hydroxylation sites is 1. The minimum absolute atomic E-state index is 0.00628. The average molecular weight is 523 g/mol. The molecule has 1 aromatic heterocycles. The summed E-state index contributed by atoms with van der Waals surface area (Å²) in [6, 6.07) is 16.5. The van der Waals surface area contributed by atoms with Gasteiger partial charge >= 0.3 is 0 Å². The molecule has 0 saturated heterocycles. The Balaban J connectivity index is 1.20. The molecule has 4 rings (SSSR count). The maximum absolute atomic E-state index is 12.6. The topological polar surface area (TPSA) is 68.4 Å². The summed E-state index contributed by atoms with van der Waals surface area (Å²) in [5.41, 5.74) is 3.62. The summed E-state index contributed by atoms with van der Waals surface area (Å²) in [5.74, 6) is -0.0256. The molecule has 7 heteroatoms. The van der Waals surface area contributed by atoms with E-state index in [1.54, 1.807) is 4.90 Å². The highest BCUT2D eigenvalue weighted by Gasteiger charge is 2.37. The zero-order valence-corrected chi connectivity index (χ0v) is 23.0. The van der Waals surface area contributed by atoms with Crippen LogP contribution < -0.4 is 5.32 Å². The maximum atomic E-state index is 12.6. The number of halogens is 1. The summed E-state index contributed by atoms with van der Waals surface area (Å²) < 4.78 is 0. The zero-order chi connectivity index (χ0) is 26.4. The number of amides is 2. The number of hydrogen-bond donors (Lipinski definition) is 2. The van der Waals surface area contributed by atoms with Crippen LogP contribution in [-0.4, -0.2) is 65.9 Å². The number of H-pyrrole nitrogens is 1. The van der Waals surface area contributed by atoms with Crippen LogP contribution in [0.15, 0.2) is 54.7 Å². The summed E-state index contributed by atoms with van der Waals surface area (Å²) in [5, 5.41) is 5.15. The Kier molecular flexibility index (Phi) is 8.93. The molecular weight excluding hydrogens is 484 g/mol. The first-order valence-corrected chi connectivity index (χ1v) is 13.6. The van der Waals surface area contributed by atoms with Gasteiger partial charge in [-0.1, -0.05) is 41.9 Å². The number of aromatic nitrogens is 1. The van der Waals surface area contributed by atoms with E-state index >= 15 is 0 Å². The predicted molar refractivity (Wildman–Crippen MR) is 151 cm³/mol. The molecule has 2 aromatic carbocycles. The van der Waals surface area contributed by atoms with Crippen LogP contribution in [-0.2, 0) is 22.4 Å². The normalized spacial score (nSPS) is 19.8. The van der Waals surface area contributed by atoms with E-state index in [4.69, 9.17) is 11.6 Å². The van der Waals surface area contributed by atoms with Crippen LogP contribution in [0.3, 0.4) is 0 Å².